The highest BCUT2D eigenvalue weighted by atomic mass is 19.4. The molecule has 1 fully saturated rings. The van der Waals surface area contributed by atoms with E-state index in [0.717, 1.165) is 29.8 Å². The Balaban J connectivity index is 1.38. The van der Waals surface area contributed by atoms with Crippen LogP contribution >= 0.6 is 0 Å². The SMILES string of the molecule is O=C(CN1CCN(C(=O)c2nnn(-c3ccc(F)cc3)c2C(F)(F)F)CC1)NCc1ccccc1. The van der Waals surface area contributed by atoms with Gasteiger partial charge in [0.25, 0.3) is 5.91 Å². The van der Waals surface area contributed by atoms with E-state index in [4.69, 9.17) is 0 Å². The number of nitrogens with one attached hydrogen (secondary N) is 1. The van der Waals surface area contributed by atoms with Gasteiger partial charge in [-0.1, -0.05) is 35.5 Å². The van der Waals surface area contributed by atoms with E-state index < -0.39 is 29.3 Å². The third kappa shape index (κ3) is 5.83. The van der Waals surface area contributed by atoms with Crippen molar-refractivity contribution < 1.29 is 27.2 Å². The van der Waals surface area contributed by atoms with Gasteiger partial charge >= 0.3 is 6.18 Å². The molecule has 2 amide bonds. The molecule has 3 aromatic rings. The van der Waals surface area contributed by atoms with Gasteiger partial charge in [-0.25, -0.2) is 9.07 Å². The molecule has 184 valence electrons. The zero-order chi connectivity index (χ0) is 25.0. The molecule has 1 aliphatic heterocycles. The predicted octanol–water partition coefficient (Wildman–Crippen LogP) is 2.50. The number of nitrogens with zero attached hydrogens (tertiary/aromatic N) is 5. The van der Waals surface area contributed by atoms with Gasteiger partial charge in [0.15, 0.2) is 11.4 Å². The third-order valence-corrected chi connectivity index (χ3v) is 5.57. The summed E-state index contributed by atoms with van der Waals surface area (Å²) in [5.41, 5.74) is -1.25. The zero-order valence-electron chi connectivity index (χ0n) is 18.5. The Morgan fingerprint density at radius 3 is 2.23 bits per heavy atom. The number of alkyl halides is 3. The van der Waals surface area contributed by atoms with Crippen LogP contribution in [0.15, 0.2) is 54.6 Å². The highest BCUT2D eigenvalue weighted by molar-refractivity contribution is 5.93. The lowest BCUT2D eigenvalue weighted by Gasteiger charge is -2.34. The Hall–Kier alpha value is -3.80. The van der Waals surface area contributed by atoms with Crippen molar-refractivity contribution in [2.24, 2.45) is 0 Å². The molecule has 0 radical (unpaired) electrons. The lowest BCUT2D eigenvalue weighted by molar-refractivity contribution is -0.143. The van der Waals surface area contributed by atoms with Crippen molar-refractivity contribution in [3.8, 4) is 5.69 Å². The van der Waals surface area contributed by atoms with Gasteiger partial charge in [-0.05, 0) is 29.8 Å². The monoisotopic (exact) mass is 490 g/mol. The fraction of sp³-hybridized carbons (Fsp3) is 0.304. The summed E-state index contributed by atoms with van der Waals surface area (Å²) < 4.78 is 55.2. The summed E-state index contributed by atoms with van der Waals surface area (Å²) >= 11 is 0. The first-order valence-corrected chi connectivity index (χ1v) is 10.8. The molecule has 12 heteroatoms. The molecule has 2 heterocycles. The number of carbonyl (C=O) groups is 2. The lowest BCUT2D eigenvalue weighted by atomic mass is 10.2. The van der Waals surface area contributed by atoms with E-state index in [1.807, 2.05) is 35.2 Å². The van der Waals surface area contributed by atoms with Gasteiger partial charge in [-0.2, -0.15) is 13.2 Å². The van der Waals surface area contributed by atoms with Gasteiger partial charge in [0.1, 0.15) is 5.82 Å². The maximum Gasteiger partial charge on any atom is 0.435 e. The maximum absolute atomic E-state index is 13.8. The largest absolute Gasteiger partial charge is 0.435 e. The van der Waals surface area contributed by atoms with E-state index in [0.29, 0.717) is 24.3 Å². The van der Waals surface area contributed by atoms with Crippen molar-refractivity contribution in [1.29, 1.82) is 0 Å². The molecule has 1 aromatic heterocycles. The van der Waals surface area contributed by atoms with Crippen LogP contribution in [0.25, 0.3) is 5.69 Å². The van der Waals surface area contributed by atoms with Crippen LogP contribution in [0.4, 0.5) is 17.6 Å². The van der Waals surface area contributed by atoms with Crippen LogP contribution in [0.3, 0.4) is 0 Å². The van der Waals surface area contributed by atoms with E-state index in [-0.39, 0.29) is 31.2 Å². The second kappa shape index (κ2) is 10.2. The number of halogens is 4. The smallest absolute Gasteiger partial charge is 0.351 e. The molecule has 2 aromatic carbocycles. The summed E-state index contributed by atoms with van der Waals surface area (Å²) in [4.78, 5) is 28.2. The molecule has 35 heavy (non-hydrogen) atoms. The minimum atomic E-state index is -4.92. The highest BCUT2D eigenvalue weighted by Crippen LogP contribution is 2.33. The van der Waals surface area contributed by atoms with Gasteiger partial charge in [0.2, 0.25) is 5.91 Å². The van der Waals surface area contributed by atoms with E-state index in [9.17, 15) is 27.2 Å². The molecule has 0 bridgehead atoms. The number of carbonyl (C=O) groups excluding carboxylic acids is 2. The van der Waals surface area contributed by atoms with Crippen LogP contribution < -0.4 is 5.32 Å². The predicted molar refractivity (Wildman–Crippen MR) is 117 cm³/mol. The van der Waals surface area contributed by atoms with Crippen molar-refractivity contribution in [3.05, 3.63) is 77.4 Å². The zero-order valence-corrected chi connectivity index (χ0v) is 18.5. The molecule has 0 aliphatic carbocycles. The van der Waals surface area contributed by atoms with E-state index >= 15 is 0 Å². The first kappa shape index (κ1) is 24.3. The molecule has 1 N–H and O–H groups in total. The Morgan fingerprint density at radius 2 is 1.60 bits per heavy atom. The number of hydrogen-bond donors (Lipinski definition) is 1. The van der Waals surface area contributed by atoms with E-state index in [2.05, 4.69) is 15.6 Å². The summed E-state index contributed by atoms with van der Waals surface area (Å²) in [6, 6.07) is 13.7. The third-order valence-electron chi connectivity index (χ3n) is 5.57. The number of hydrogen-bond acceptors (Lipinski definition) is 5. The van der Waals surface area contributed by atoms with Crippen molar-refractivity contribution in [3.63, 3.8) is 0 Å². The summed E-state index contributed by atoms with van der Waals surface area (Å²) in [6.45, 7) is 1.40. The molecule has 0 spiro atoms. The fourth-order valence-electron chi connectivity index (χ4n) is 3.76. The normalized spacial score (nSPS) is 14.7. The van der Waals surface area contributed by atoms with Crippen LogP contribution in [-0.2, 0) is 17.5 Å². The van der Waals surface area contributed by atoms with E-state index in [1.165, 1.54) is 4.90 Å². The van der Waals surface area contributed by atoms with Crippen LogP contribution in [0.1, 0.15) is 21.7 Å². The van der Waals surface area contributed by atoms with Crippen LogP contribution in [0, 0.1) is 5.82 Å². The van der Waals surface area contributed by atoms with Crippen LogP contribution in [-0.4, -0.2) is 69.3 Å². The average molecular weight is 490 g/mol. The van der Waals surface area contributed by atoms with Gasteiger partial charge in [-0.15, -0.1) is 5.10 Å². The first-order valence-electron chi connectivity index (χ1n) is 10.8. The second-order valence-electron chi connectivity index (χ2n) is 8.00. The van der Waals surface area contributed by atoms with Gasteiger partial charge < -0.3 is 10.2 Å². The van der Waals surface area contributed by atoms with Gasteiger partial charge in [0.05, 0.1) is 12.2 Å². The van der Waals surface area contributed by atoms with Gasteiger partial charge in [-0.3, -0.25) is 14.5 Å². The highest BCUT2D eigenvalue weighted by Gasteiger charge is 2.43. The Kier molecular flexibility index (Phi) is 7.10. The molecule has 0 atom stereocenters. The minimum absolute atomic E-state index is 0.0726. The van der Waals surface area contributed by atoms with Crippen LogP contribution in [0.5, 0.6) is 0 Å². The maximum atomic E-state index is 13.8. The summed E-state index contributed by atoms with van der Waals surface area (Å²) in [6.07, 6.45) is -4.92. The molecular formula is C23H22F4N6O2. The average Bonchev–Trinajstić information content (AvgIpc) is 3.30. The Morgan fingerprint density at radius 1 is 0.943 bits per heavy atom. The number of piperazine rings is 1. The van der Waals surface area contributed by atoms with Crippen molar-refractivity contribution in [2.45, 2.75) is 12.7 Å². The molecule has 8 nitrogen and oxygen atoms in total. The Bertz CT molecular complexity index is 1170. The quantitative estimate of drug-likeness (QED) is 0.537. The fourth-order valence-corrected chi connectivity index (χ4v) is 3.76. The summed E-state index contributed by atoms with van der Waals surface area (Å²) in [7, 11) is 0. The Labute approximate surface area is 198 Å². The standard InChI is InChI=1S/C23H22F4N6O2/c24-17-6-8-18(9-7-17)33-21(23(25,26)27)20(29-30-33)22(35)32-12-10-31(11-13-32)15-19(34)28-14-16-4-2-1-3-5-16/h1-9H,10-15H2,(H,28,34). The number of rotatable bonds is 6. The summed E-state index contributed by atoms with van der Waals surface area (Å²) in [5, 5.41) is 9.84. The lowest BCUT2D eigenvalue weighted by Crippen LogP contribution is -2.51. The molecule has 0 unspecified atom stereocenters. The van der Waals surface area contributed by atoms with Crippen molar-refractivity contribution >= 4 is 11.8 Å². The topological polar surface area (TPSA) is 83.4 Å². The summed E-state index contributed by atoms with van der Waals surface area (Å²) in [5.74, 6) is -1.71. The van der Waals surface area contributed by atoms with Gasteiger partial charge in [0, 0.05) is 32.7 Å². The van der Waals surface area contributed by atoms with Crippen molar-refractivity contribution in [2.75, 3.05) is 32.7 Å². The van der Waals surface area contributed by atoms with E-state index in [1.54, 1.807) is 0 Å². The molecule has 4 rings (SSSR count). The number of benzene rings is 2. The minimum Gasteiger partial charge on any atom is -0.351 e. The molecule has 1 aliphatic rings. The number of aromatic nitrogens is 3. The molecule has 0 saturated carbocycles. The second-order valence-corrected chi connectivity index (χ2v) is 8.00. The van der Waals surface area contributed by atoms with Crippen molar-refractivity contribution in [1.82, 2.24) is 30.1 Å². The first-order chi connectivity index (χ1) is 16.7. The molecule has 1 saturated heterocycles. The molecular weight excluding hydrogens is 468 g/mol. The number of amides is 2. The van der Waals surface area contributed by atoms with Crippen LogP contribution in [0.2, 0.25) is 0 Å².